The van der Waals surface area contributed by atoms with Crippen LogP contribution in [0.5, 0.6) is 0 Å². The Morgan fingerprint density at radius 2 is 2.24 bits per heavy atom. The molecule has 2 aromatic rings. The number of aromatic nitrogens is 1. The molecule has 2 nitrogen and oxygen atoms in total. The van der Waals surface area contributed by atoms with Gasteiger partial charge in [-0.05, 0) is 24.6 Å². The number of para-hydroxylation sites is 1. The Kier molecular flexibility index (Phi) is 2.69. The highest BCUT2D eigenvalue weighted by atomic mass is 35.5. The molecule has 1 N–H and O–H groups in total. The third-order valence-corrected chi connectivity index (χ3v) is 3.67. The maximum Gasteiger partial charge on any atom is 0.0673 e. The number of aryl methyl sites for hydroxylation is 1. The first-order valence-corrected chi connectivity index (χ1v) is 6.29. The highest BCUT2D eigenvalue weighted by molar-refractivity contribution is 6.35. The van der Waals surface area contributed by atoms with Gasteiger partial charge in [0, 0.05) is 30.7 Å². The summed E-state index contributed by atoms with van der Waals surface area (Å²) in [5.41, 5.74) is 3.88. The van der Waals surface area contributed by atoms with Crippen molar-refractivity contribution in [2.75, 3.05) is 13.1 Å². The standard InChI is InChI=1S/C14H15ClN2/c1-17-9-12(10-5-7-16-8-6-10)11-3-2-4-13(15)14(11)17/h2-5,9,16H,6-8H2,1H3. The maximum absolute atomic E-state index is 6.26. The molecule has 1 aliphatic heterocycles. The number of rotatable bonds is 1. The summed E-state index contributed by atoms with van der Waals surface area (Å²) in [5, 5.41) is 5.42. The lowest BCUT2D eigenvalue weighted by molar-refractivity contribution is 0.738. The number of nitrogens with one attached hydrogen (secondary N) is 1. The van der Waals surface area contributed by atoms with E-state index in [1.165, 1.54) is 16.5 Å². The quantitative estimate of drug-likeness (QED) is 0.818. The first-order valence-electron chi connectivity index (χ1n) is 5.91. The van der Waals surface area contributed by atoms with Crippen molar-refractivity contribution in [2.45, 2.75) is 6.42 Å². The van der Waals surface area contributed by atoms with Crippen molar-refractivity contribution in [3.63, 3.8) is 0 Å². The normalized spacial score (nSPS) is 16.2. The van der Waals surface area contributed by atoms with Gasteiger partial charge in [-0.3, -0.25) is 0 Å². The molecule has 88 valence electrons. The molecule has 0 spiro atoms. The van der Waals surface area contributed by atoms with Gasteiger partial charge in [-0.25, -0.2) is 0 Å². The van der Waals surface area contributed by atoms with Gasteiger partial charge in [0.2, 0.25) is 0 Å². The molecule has 1 aromatic carbocycles. The SMILES string of the molecule is Cn1cc(C2=CCNCC2)c2cccc(Cl)c21. The van der Waals surface area contributed by atoms with Crippen LogP contribution in [-0.2, 0) is 7.05 Å². The van der Waals surface area contributed by atoms with Crippen molar-refractivity contribution in [1.29, 1.82) is 0 Å². The highest BCUT2D eigenvalue weighted by Gasteiger charge is 2.13. The van der Waals surface area contributed by atoms with Crippen LogP contribution in [0.4, 0.5) is 0 Å². The molecule has 0 bridgehead atoms. The van der Waals surface area contributed by atoms with E-state index >= 15 is 0 Å². The van der Waals surface area contributed by atoms with Gasteiger partial charge in [0.1, 0.15) is 0 Å². The zero-order chi connectivity index (χ0) is 11.8. The van der Waals surface area contributed by atoms with Crippen LogP contribution < -0.4 is 5.32 Å². The smallest absolute Gasteiger partial charge is 0.0673 e. The summed E-state index contributed by atoms with van der Waals surface area (Å²) in [5.74, 6) is 0. The van der Waals surface area contributed by atoms with Crippen molar-refractivity contribution in [1.82, 2.24) is 9.88 Å². The largest absolute Gasteiger partial charge is 0.349 e. The van der Waals surface area contributed by atoms with Crippen LogP contribution in [0, 0.1) is 0 Å². The molecule has 1 aromatic heterocycles. The maximum atomic E-state index is 6.26. The Hall–Kier alpha value is -1.25. The molecule has 1 aliphatic rings. The number of fused-ring (bicyclic) bond motifs is 1. The fourth-order valence-corrected chi connectivity index (χ4v) is 2.85. The van der Waals surface area contributed by atoms with E-state index in [2.05, 4.69) is 35.3 Å². The van der Waals surface area contributed by atoms with Crippen LogP contribution >= 0.6 is 11.6 Å². The van der Waals surface area contributed by atoms with Crippen LogP contribution in [-0.4, -0.2) is 17.7 Å². The summed E-state index contributed by atoms with van der Waals surface area (Å²) in [4.78, 5) is 0. The molecule has 0 saturated heterocycles. The van der Waals surface area contributed by atoms with Crippen molar-refractivity contribution in [3.8, 4) is 0 Å². The lowest BCUT2D eigenvalue weighted by Gasteiger charge is -2.13. The molecule has 0 fully saturated rings. The summed E-state index contributed by atoms with van der Waals surface area (Å²) in [7, 11) is 2.05. The summed E-state index contributed by atoms with van der Waals surface area (Å²) in [6.07, 6.45) is 5.55. The molecule has 0 aliphatic carbocycles. The van der Waals surface area contributed by atoms with Crippen molar-refractivity contribution >= 4 is 28.1 Å². The van der Waals surface area contributed by atoms with E-state index in [0.29, 0.717) is 0 Å². The van der Waals surface area contributed by atoms with Gasteiger partial charge in [0.25, 0.3) is 0 Å². The van der Waals surface area contributed by atoms with Gasteiger partial charge in [0.05, 0.1) is 10.5 Å². The van der Waals surface area contributed by atoms with Crippen molar-refractivity contribution in [3.05, 3.63) is 41.1 Å². The molecule has 3 heteroatoms. The minimum Gasteiger partial charge on any atom is -0.349 e. The first kappa shape index (κ1) is 10.9. The van der Waals surface area contributed by atoms with Crippen molar-refractivity contribution < 1.29 is 0 Å². The van der Waals surface area contributed by atoms with E-state index in [1.807, 2.05) is 12.1 Å². The topological polar surface area (TPSA) is 17.0 Å². The second kappa shape index (κ2) is 4.21. The van der Waals surface area contributed by atoms with Crippen LogP contribution in [0.2, 0.25) is 5.02 Å². The van der Waals surface area contributed by atoms with E-state index in [-0.39, 0.29) is 0 Å². The molecule has 0 amide bonds. The molecule has 0 atom stereocenters. The van der Waals surface area contributed by atoms with E-state index in [1.54, 1.807) is 0 Å². The zero-order valence-corrected chi connectivity index (χ0v) is 10.6. The fourth-order valence-electron chi connectivity index (χ4n) is 2.54. The number of hydrogen-bond donors (Lipinski definition) is 1. The minimum absolute atomic E-state index is 0.825. The van der Waals surface area contributed by atoms with Crippen LogP contribution in [0.1, 0.15) is 12.0 Å². The van der Waals surface area contributed by atoms with Crippen LogP contribution in [0.25, 0.3) is 16.5 Å². The summed E-state index contributed by atoms with van der Waals surface area (Å²) in [6.45, 7) is 2.02. The Labute approximate surface area is 106 Å². The lowest BCUT2D eigenvalue weighted by atomic mass is 10.00. The average Bonchev–Trinajstić information content (AvgIpc) is 2.69. The van der Waals surface area contributed by atoms with Gasteiger partial charge >= 0.3 is 0 Å². The average molecular weight is 247 g/mol. The lowest BCUT2D eigenvalue weighted by Crippen LogP contribution is -2.19. The molecule has 0 saturated carbocycles. The van der Waals surface area contributed by atoms with E-state index in [4.69, 9.17) is 11.6 Å². The fraction of sp³-hybridized carbons (Fsp3) is 0.286. The van der Waals surface area contributed by atoms with Gasteiger partial charge in [0.15, 0.2) is 0 Å². The number of hydrogen-bond acceptors (Lipinski definition) is 1. The van der Waals surface area contributed by atoms with Crippen LogP contribution in [0.3, 0.4) is 0 Å². The van der Waals surface area contributed by atoms with Crippen molar-refractivity contribution in [2.24, 2.45) is 7.05 Å². The molecule has 17 heavy (non-hydrogen) atoms. The van der Waals surface area contributed by atoms with Gasteiger partial charge in [-0.15, -0.1) is 0 Å². The molecule has 3 rings (SSSR count). The van der Waals surface area contributed by atoms with Gasteiger partial charge in [-0.2, -0.15) is 0 Å². The summed E-state index contributed by atoms with van der Waals surface area (Å²) < 4.78 is 2.12. The summed E-state index contributed by atoms with van der Waals surface area (Å²) >= 11 is 6.26. The minimum atomic E-state index is 0.825. The Morgan fingerprint density at radius 1 is 1.35 bits per heavy atom. The zero-order valence-electron chi connectivity index (χ0n) is 9.83. The van der Waals surface area contributed by atoms with Gasteiger partial charge in [-0.1, -0.05) is 29.8 Å². The second-order valence-electron chi connectivity index (χ2n) is 4.47. The molecule has 0 unspecified atom stereocenters. The van der Waals surface area contributed by atoms with Crippen LogP contribution in [0.15, 0.2) is 30.5 Å². The van der Waals surface area contributed by atoms with E-state index in [9.17, 15) is 0 Å². The molecule has 0 radical (unpaired) electrons. The Bertz CT molecular complexity index is 596. The Balaban J connectivity index is 2.24. The van der Waals surface area contributed by atoms with E-state index in [0.717, 1.165) is 30.0 Å². The number of nitrogens with zero attached hydrogens (tertiary/aromatic N) is 1. The monoisotopic (exact) mass is 246 g/mol. The molecular formula is C14H15ClN2. The van der Waals surface area contributed by atoms with Gasteiger partial charge < -0.3 is 9.88 Å². The third kappa shape index (κ3) is 1.78. The second-order valence-corrected chi connectivity index (χ2v) is 4.88. The number of halogens is 1. The first-order chi connectivity index (χ1) is 8.27. The molecular weight excluding hydrogens is 232 g/mol. The highest BCUT2D eigenvalue weighted by Crippen LogP contribution is 2.32. The predicted octanol–water partition coefficient (Wildman–Crippen LogP) is 3.21. The Morgan fingerprint density at radius 3 is 3.00 bits per heavy atom. The number of benzene rings is 1. The third-order valence-electron chi connectivity index (χ3n) is 3.36. The predicted molar refractivity (Wildman–Crippen MR) is 73.4 cm³/mol. The van der Waals surface area contributed by atoms with E-state index < -0.39 is 0 Å². The molecule has 2 heterocycles. The summed E-state index contributed by atoms with van der Waals surface area (Å²) in [6, 6.07) is 6.12.